The molecule has 0 saturated heterocycles. The average Bonchev–Trinajstić information content (AvgIpc) is 2.32. The fourth-order valence-corrected chi connectivity index (χ4v) is 3.08. The van der Waals surface area contributed by atoms with Gasteiger partial charge in [-0.05, 0) is 61.6 Å². The summed E-state index contributed by atoms with van der Waals surface area (Å²) >= 11 is 0. The molecular formula is C16H25NO. The molecule has 0 aliphatic heterocycles. The van der Waals surface area contributed by atoms with Gasteiger partial charge in [0.25, 0.3) is 0 Å². The van der Waals surface area contributed by atoms with E-state index in [0.717, 1.165) is 31.1 Å². The summed E-state index contributed by atoms with van der Waals surface area (Å²) in [5.74, 6) is 1.96. The van der Waals surface area contributed by atoms with Gasteiger partial charge >= 0.3 is 0 Å². The number of phenolic OH excluding ortho intramolecular Hbond substituents is 1. The van der Waals surface area contributed by atoms with Crippen molar-refractivity contribution in [2.75, 3.05) is 0 Å². The van der Waals surface area contributed by atoms with Crippen molar-refractivity contribution in [3.05, 3.63) is 29.8 Å². The third kappa shape index (κ3) is 3.26. The second-order valence-corrected chi connectivity index (χ2v) is 6.29. The maximum absolute atomic E-state index is 9.29. The molecule has 1 saturated carbocycles. The zero-order valence-corrected chi connectivity index (χ0v) is 11.5. The van der Waals surface area contributed by atoms with E-state index >= 15 is 0 Å². The number of nitrogens with two attached hydrogens (primary N) is 1. The second kappa shape index (κ2) is 5.31. The van der Waals surface area contributed by atoms with Crippen molar-refractivity contribution in [3.63, 3.8) is 0 Å². The summed E-state index contributed by atoms with van der Waals surface area (Å²) < 4.78 is 0. The molecule has 2 nitrogen and oxygen atoms in total. The van der Waals surface area contributed by atoms with Gasteiger partial charge in [-0.15, -0.1) is 0 Å². The van der Waals surface area contributed by atoms with E-state index in [9.17, 15) is 5.11 Å². The van der Waals surface area contributed by atoms with Crippen LogP contribution in [0.2, 0.25) is 0 Å². The highest BCUT2D eigenvalue weighted by Gasteiger charge is 2.32. The molecule has 0 unspecified atom stereocenters. The predicted octanol–water partition coefficient (Wildman–Crippen LogP) is 3.48. The predicted molar refractivity (Wildman–Crippen MR) is 75.5 cm³/mol. The first kappa shape index (κ1) is 13.4. The standard InChI is InChI=1S/C16H25NO/c1-12(2)14-7-9-16(17,10-8-14)11-13-3-5-15(18)6-4-13/h3-6,12,14,18H,7-11,17H2,1-2H3. The summed E-state index contributed by atoms with van der Waals surface area (Å²) in [4.78, 5) is 0. The van der Waals surface area contributed by atoms with Crippen molar-refractivity contribution < 1.29 is 5.11 Å². The van der Waals surface area contributed by atoms with Crippen molar-refractivity contribution in [1.29, 1.82) is 0 Å². The quantitative estimate of drug-likeness (QED) is 0.859. The van der Waals surface area contributed by atoms with Crippen LogP contribution in [0.25, 0.3) is 0 Å². The van der Waals surface area contributed by atoms with Gasteiger partial charge in [-0.3, -0.25) is 0 Å². The molecule has 0 amide bonds. The largest absolute Gasteiger partial charge is 0.508 e. The lowest BCUT2D eigenvalue weighted by Crippen LogP contribution is -2.45. The highest BCUT2D eigenvalue weighted by Crippen LogP contribution is 2.36. The number of benzene rings is 1. The van der Waals surface area contributed by atoms with E-state index < -0.39 is 0 Å². The van der Waals surface area contributed by atoms with Crippen LogP contribution in [-0.4, -0.2) is 10.6 Å². The first-order chi connectivity index (χ1) is 8.48. The summed E-state index contributed by atoms with van der Waals surface area (Å²) in [5.41, 5.74) is 7.72. The smallest absolute Gasteiger partial charge is 0.115 e. The minimum Gasteiger partial charge on any atom is -0.508 e. The maximum Gasteiger partial charge on any atom is 0.115 e. The van der Waals surface area contributed by atoms with E-state index in [1.165, 1.54) is 18.4 Å². The van der Waals surface area contributed by atoms with Gasteiger partial charge in [0.15, 0.2) is 0 Å². The Balaban J connectivity index is 1.95. The molecule has 2 rings (SSSR count). The minimum absolute atomic E-state index is 0.0393. The van der Waals surface area contributed by atoms with Gasteiger partial charge in [-0.2, -0.15) is 0 Å². The third-order valence-corrected chi connectivity index (χ3v) is 4.46. The Bertz CT molecular complexity index is 375. The molecule has 2 heteroatoms. The number of hydrogen-bond donors (Lipinski definition) is 2. The van der Waals surface area contributed by atoms with Crippen LogP contribution in [0.3, 0.4) is 0 Å². The SMILES string of the molecule is CC(C)C1CCC(N)(Cc2ccc(O)cc2)CC1. The first-order valence-electron chi connectivity index (χ1n) is 7.05. The summed E-state index contributed by atoms with van der Waals surface area (Å²) in [6.45, 7) is 4.63. The Morgan fingerprint density at radius 2 is 1.78 bits per heavy atom. The molecule has 1 aliphatic carbocycles. The molecule has 0 spiro atoms. The normalized spacial score (nSPS) is 28.6. The molecule has 0 bridgehead atoms. The van der Waals surface area contributed by atoms with Crippen LogP contribution >= 0.6 is 0 Å². The van der Waals surface area contributed by atoms with Crippen LogP contribution in [0, 0.1) is 11.8 Å². The molecule has 1 fully saturated rings. The topological polar surface area (TPSA) is 46.2 Å². The first-order valence-corrected chi connectivity index (χ1v) is 7.05. The number of aromatic hydroxyl groups is 1. The molecule has 3 N–H and O–H groups in total. The van der Waals surface area contributed by atoms with Crippen molar-refractivity contribution in [2.45, 2.75) is 51.5 Å². The molecule has 100 valence electrons. The van der Waals surface area contributed by atoms with Gasteiger partial charge in [0, 0.05) is 5.54 Å². The zero-order valence-electron chi connectivity index (χ0n) is 11.5. The van der Waals surface area contributed by atoms with E-state index in [1.54, 1.807) is 12.1 Å². The zero-order chi connectivity index (χ0) is 13.2. The van der Waals surface area contributed by atoms with E-state index in [4.69, 9.17) is 5.73 Å². The molecule has 1 aromatic rings. The van der Waals surface area contributed by atoms with Crippen molar-refractivity contribution in [3.8, 4) is 5.75 Å². The Hall–Kier alpha value is -1.02. The van der Waals surface area contributed by atoms with Crippen LogP contribution in [0.5, 0.6) is 5.75 Å². The Morgan fingerprint density at radius 1 is 1.22 bits per heavy atom. The molecule has 0 radical (unpaired) electrons. The molecule has 18 heavy (non-hydrogen) atoms. The lowest BCUT2D eigenvalue weighted by atomic mass is 9.71. The highest BCUT2D eigenvalue weighted by atomic mass is 16.3. The van der Waals surface area contributed by atoms with E-state index in [1.807, 2.05) is 12.1 Å². The van der Waals surface area contributed by atoms with Crippen LogP contribution < -0.4 is 5.73 Å². The fraction of sp³-hybridized carbons (Fsp3) is 0.625. The fourth-order valence-electron chi connectivity index (χ4n) is 3.08. The van der Waals surface area contributed by atoms with E-state index in [0.29, 0.717) is 5.75 Å². The summed E-state index contributed by atoms with van der Waals surface area (Å²) in [6, 6.07) is 7.47. The second-order valence-electron chi connectivity index (χ2n) is 6.29. The molecular weight excluding hydrogens is 222 g/mol. The maximum atomic E-state index is 9.29. The molecule has 1 aliphatic rings. The van der Waals surface area contributed by atoms with Crippen molar-refractivity contribution in [1.82, 2.24) is 0 Å². The molecule has 1 aromatic carbocycles. The highest BCUT2D eigenvalue weighted by molar-refractivity contribution is 5.27. The average molecular weight is 247 g/mol. The number of phenols is 1. The Morgan fingerprint density at radius 3 is 2.28 bits per heavy atom. The van der Waals surface area contributed by atoms with Gasteiger partial charge in [-0.1, -0.05) is 26.0 Å². The monoisotopic (exact) mass is 247 g/mol. The van der Waals surface area contributed by atoms with E-state index in [2.05, 4.69) is 13.8 Å². The van der Waals surface area contributed by atoms with Crippen LogP contribution in [0.4, 0.5) is 0 Å². The van der Waals surface area contributed by atoms with Gasteiger partial charge in [-0.25, -0.2) is 0 Å². The summed E-state index contributed by atoms with van der Waals surface area (Å²) in [6.07, 6.45) is 5.68. The minimum atomic E-state index is -0.0393. The van der Waals surface area contributed by atoms with Gasteiger partial charge < -0.3 is 10.8 Å². The Kier molecular flexibility index (Phi) is 3.96. The van der Waals surface area contributed by atoms with Crippen molar-refractivity contribution in [2.24, 2.45) is 17.6 Å². The van der Waals surface area contributed by atoms with E-state index in [-0.39, 0.29) is 5.54 Å². The number of hydrogen-bond acceptors (Lipinski definition) is 2. The summed E-state index contributed by atoms with van der Waals surface area (Å²) in [7, 11) is 0. The van der Waals surface area contributed by atoms with Crippen LogP contribution in [0.15, 0.2) is 24.3 Å². The summed E-state index contributed by atoms with van der Waals surface area (Å²) in [5, 5.41) is 9.29. The lowest BCUT2D eigenvalue weighted by Gasteiger charge is -2.38. The van der Waals surface area contributed by atoms with Crippen LogP contribution in [0.1, 0.15) is 45.1 Å². The third-order valence-electron chi connectivity index (χ3n) is 4.46. The Labute approximate surface area is 110 Å². The van der Waals surface area contributed by atoms with Gasteiger partial charge in [0.2, 0.25) is 0 Å². The van der Waals surface area contributed by atoms with Crippen molar-refractivity contribution >= 4 is 0 Å². The molecule has 0 heterocycles. The van der Waals surface area contributed by atoms with Gasteiger partial charge in [0.1, 0.15) is 5.75 Å². The number of rotatable bonds is 3. The lowest BCUT2D eigenvalue weighted by molar-refractivity contribution is 0.194. The molecule has 0 aromatic heterocycles. The van der Waals surface area contributed by atoms with Crippen LogP contribution in [-0.2, 0) is 6.42 Å². The van der Waals surface area contributed by atoms with Gasteiger partial charge in [0.05, 0.1) is 0 Å². The molecule has 0 atom stereocenters.